The van der Waals surface area contributed by atoms with Crippen LogP contribution in [-0.4, -0.2) is 38.5 Å². The number of aromatic nitrogens is 3. The summed E-state index contributed by atoms with van der Waals surface area (Å²) in [4.78, 5) is 20.1. The van der Waals surface area contributed by atoms with Crippen molar-refractivity contribution in [1.82, 2.24) is 19.5 Å². The first-order valence-corrected chi connectivity index (χ1v) is 12.7. The zero-order valence-corrected chi connectivity index (χ0v) is 21.0. The predicted octanol–water partition coefficient (Wildman–Crippen LogP) is 5.74. The summed E-state index contributed by atoms with van der Waals surface area (Å²) in [5, 5.41) is 4.81. The van der Waals surface area contributed by atoms with Gasteiger partial charge in [0.2, 0.25) is 5.91 Å². The van der Waals surface area contributed by atoms with Crippen LogP contribution in [0.15, 0.2) is 60.7 Å². The van der Waals surface area contributed by atoms with Crippen molar-refractivity contribution in [2.45, 2.75) is 52.9 Å². The van der Waals surface area contributed by atoms with Crippen molar-refractivity contribution in [3.8, 4) is 11.1 Å². The third-order valence-corrected chi connectivity index (χ3v) is 7.49. The molecule has 2 aromatic carbocycles. The van der Waals surface area contributed by atoms with E-state index in [1.54, 1.807) is 0 Å². The topological polar surface area (TPSA) is 50.5 Å². The Morgan fingerprint density at radius 1 is 0.914 bits per heavy atom. The largest absolute Gasteiger partial charge is 0.343 e. The van der Waals surface area contributed by atoms with Gasteiger partial charge in [0.15, 0.2) is 5.65 Å². The Morgan fingerprint density at radius 3 is 2.26 bits per heavy atom. The van der Waals surface area contributed by atoms with Gasteiger partial charge in [0.1, 0.15) is 0 Å². The molecule has 3 heterocycles. The van der Waals surface area contributed by atoms with Crippen LogP contribution in [0.1, 0.15) is 47.5 Å². The second-order valence-electron chi connectivity index (χ2n) is 9.84. The number of fused-ring (bicyclic) bond motifs is 1. The summed E-state index contributed by atoms with van der Waals surface area (Å²) in [5.41, 5.74) is 8.66. The van der Waals surface area contributed by atoms with Gasteiger partial charge in [0.05, 0.1) is 5.69 Å². The second-order valence-corrected chi connectivity index (χ2v) is 9.84. The lowest BCUT2D eigenvalue weighted by atomic mass is 9.90. The van der Waals surface area contributed by atoms with E-state index in [0.717, 1.165) is 71.8 Å². The average molecular weight is 467 g/mol. The Hall–Kier alpha value is -3.47. The van der Waals surface area contributed by atoms with Crippen molar-refractivity contribution in [1.29, 1.82) is 0 Å². The first-order valence-electron chi connectivity index (χ1n) is 12.7. The molecule has 5 rings (SSSR count). The lowest BCUT2D eigenvalue weighted by Crippen LogP contribution is -2.39. The standard InChI is InChI=1S/C30H34N4O/c1-21-27(23(3)34-30(31-21)29(22(2)32-34)26-12-8-5-9-13-26)14-15-28(35)33-18-16-25(17-19-33)20-24-10-6-4-7-11-24/h4-13,25H,14-20H2,1-3H3. The third kappa shape index (κ3) is 4.86. The normalized spacial score (nSPS) is 14.5. The molecule has 0 unspecified atom stereocenters. The molecule has 4 aromatic rings. The smallest absolute Gasteiger partial charge is 0.222 e. The molecule has 1 saturated heterocycles. The maximum absolute atomic E-state index is 13.0. The highest BCUT2D eigenvalue weighted by Crippen LogP contribution is 2.29. The number of hydrogen-bond donors (Lipinski definition) is 0. The van der Waals surface area contributed by atoms with Crippen LogP contribution in [0.25, 0.3) is 16.8 Å². The Bertz CT molecular complexity index is 1320. The fraction of sp³-hybridized carbons (Fsp3) is 0.367. The van der Waals surface area contributed by atoms with Crippen molar-refractivity contribution in [2.24, 2.45) is 5.92 Å². The monoisotopic (exact) mass is 466 g/mol. The van der Waals surface area contributed by atoms with Crippen molar-refractivity contribution in [3.63, 3.8) is 0 Å². The zero-order chi connectivity index (χ0) is 24.4. The molecule has 0 saturated carbocycles. The predicted molar refractivity (Wildman–Crippen MR) is 140 cm³/mol. The van der Waals surface area contributed by atoms with Gasteiger partial charge >= 0.3 is 0 Å². The fourth-order valence-corrected chi connectivity index (χ4v) is 5.50. The number of benzene rings is 2. The van der Waals surface area contributed by atoms with E-state index in [1.807, 2.05) is 29.6 Å². The van der Waals surface area contributed by atoms with Crippen LogP contribution in [0, 0.1) is 26.7 Å². The average Bonchev–Trinajstić information content (AvgIpc) is 3.21. The number of carbonyl (C=O) groups is 1. The van der Waals surface area contributed by atoms with Crippen LogP contribution >= 0.6 is 0 Å². The second kappa shape index (κ2) is 10.0. The summed E-state index contributed by atoms with van der Waals surface area (Å²) in [6.45, 7) is 7.92. The lowest BCUT2D eigenvalue weighted by molar-refractivity contribution is -0.132. The van der Waals surface area contributed by atoms with E-state index in [9.17, 15) is 4.79 Å². The van der Waals surface area contributed by atoms with Gasteiger partial charge in [-0.05, 0) is 69.1 Å². The Morgan fingerprint density at radius 2 is 1.57 bits per heavy atom. The van der Waals surface area contributed by atoms with Crippen molar-refractivity contribution in [2.75, 3.05) is 13.1 Å². The van der Waals surface area contributed by atoms with Gasteiger partial charge in [0, 0.05) is 36.5 Å². The highest BCUT2D eigenvalue weighted by Gasteiger charge is 2.24. The van der Waals surface area contributed by atoms with E-state index >= 15 is 0 Å². The molecule has 1 aliphatic rings. The molecule has 0 radical (unpaired) electrons. The molecule has 5 heteroatoms. The van der Waals surface area contributed by atoms with Crippen molar-refractivity contribution >= 4 is 11.6 Å². The van der Waals surface area contributed by atoms with E-state index in [-0.39, 0.29) is 5.91 Å². The number of piperidine rings is 1. The Balaban J connectivity index is 1.25. The first-order chi connectivity index (χ1) is 17.0. The number of likely N-dealkylation sites (tertiary alicyclic amines) is 1. The van der Waals surface area contributed by atoms with Crippen LogP contribution in [-0.2, 0) is 17.6 Å². The maximum atomic E-state index is 13.0. The quantitative estimate of drug-likeness (QED) is 0.364. The first kappa shape index (κ1) is 23.3. The number of hydrogen-bond acceptors (Lipinski definition) is 3. The van der Waals surface area contributed by atoms with Gasteiger partial charge in [0.25, 0.3) is 0 Å². The highest BCUT2D eigenvalue weighted by molar-refractivity contribution is 5.80. The minimum absolute atomic E-state index is 0.253. The summed E-state index contributed by atoms with van der Waals surface area (Å²) >= 11 is 0. The number of amides is 1. The van der Waals surface area contributed by atoms with Gasteiger partial charge in [-0.2, -0.15) is 5.10 Å². The van der Waals surface area contributed by atoms with Crippen LogP contribution in [0.5, 0.6) is 0 Å². The number of nitrogens with zero attached hydrogens (tertiary/aromatic N) is 4. The summed E-state index contributed by atoms with van der Waals surface area (Å²) in [6.07, 6.45) is 4.50. The van der Waals surface area contributed by atoms with Crippen molar-refractivity contribution < 1.29 is 4.79 Å². The minimum atomic E-state index is 0.253. The molecule has 1 aliphatic heterocycles. The Kier molecular flexibility index (Phi) is 6.67. The molecule has 0 spiro atoms. The molecule has 0 atom stereocenters. The van der Waals surface area contributed by atoms with Crippen LogP contribution in [0.4, 0.5) is 0 Å². The third-order valence-electron chi connectivity index (χ3n) is 7.49. The molecular weight excluding hydrogens is 432 g/mol. The van der Waals surface area contributed by atoms with Gasteiger partial charge in [-0.15, -0.1) is 0 Å². The van der Waals surface area contributed by atoms with Crippen LogP contribution < -0.4 is 0 Å². The van der Waals surface area contributed by atoms with Crippen LogP contribution in [0.2, 0.25) is 0 Å². The summed E-state index contributed by atoms with van der Waals surface area (Å²) < 4.78 is 1.96. The Labute approximate surface area is 207 Å². The molecule has 0 aliphatic carbocycles. The molecule has 0 N–H and O–H groups in total. The van der Waals surface area contributed by atoms with E-state index in [2.05, 4.69) is 61.2 Å². The molecule has 0 bridgehead atoms. The molecule has 180 valence electrons. The molecule has 1 amide bonds. The maximum Gasteiger partial charge on any atom is 0.222 e. The molecular formula is C30H34N4O. The summed E-state index contributed by atoms with van der Waals surface area (Å²) in [5.74, 6) is 0.920. The minimum Gasteiger partial charge on any atom is -0.343 e. The molecule has 2 aromatic heterocycles. The van der Waals surface area contributed by atoms with Gasteiger partial charge in [-0.3, -0.25) is 4.79 Å². The number of aryl methyl sites for hydroxylation is 3. The summed E-state index contributed by atoms with van der Waals surface area (Å²) in [7, 11) is 0. The zero-order valence-electron chi connectivity index (χ0n) is 21.0. The SMILES string of the molecule is Cc1nc2c(-c3ccccc3)c(C)nn2c(C)c1CCC(=O)N1CCC(Cc2ccccc2)CC1. The van der Waals surface area contributed by atoms with Gasteiger partial charge < -0.3 is 4.90 Å². The highest BCUT2D eigenvalue weighted by atomic mass is 16.2. The van der Waals surface area contributed by atoms with E-state index in [4.69, 9.17) is 10.1 Å². The lowest BCUT2D eigenvalue weighted by Gasteiger charge is -2.32. The van der Waals surface area contributed by atoms with Gasteiger partial charge in [-0.1, -0.05) is 60.7 Å². The van der Waals surface area contributed by atoms with Gasteiger partial charge in [-0.25, -0.2) is 9.50 Å². The number of rotatable bonds is 6. The fourth-order valence-electron chi connectivity index (χ4n) is 5.50. The van der Waals surface area contributed by atoms with E-state index < -0.39 is 0 Å². The molecule has 1 fully saturated rings. The van der Waals surface area contributed by atoms with E-state index in [0.29, 0.717) is 18.8 Å². The van der Waals surface area contributed by atoms with Crippen LogP contribution in [0.3, 0.4) is 0 Å². The van der Waals surface area contributed by atoms with Crippen molar-refractivity contribution in [3.05, 3.63) is 88.9 Å². The number of carbonyl (C=O) groups excluding carboxylic acids is 1. The molecule has 35 heavy (non-hydrogen) atoms. The molecule has 5 nitrogen and oxygen atoms in total. The summed E-state index contributed by atoms with van der Waals surface area (Å²) in [6, 6.07) is 21.0. The van der Waals surface area contributed by atoms with E-state index in [1.165, 1.54) is 5.56 Å².